The van der Waals surface area contributed by atoms with Crippen molar-refractivity contribution in [3.63, 3.8) is 0 Å². The SMILES string of the molecule is Cc1nc(-c2ccccc2)sc1C(=O)N(Cc1ccccc1[N+](=O)[O-])CC(F)(F)F. The molecule has 0 aliphatic carbocycles. The summed E-state index contributed by atoms with van der Waals surface area (Å²) in [5, 5.41) is 11.7. The van der Waals surface area contributed by atoms with Gasteiger partial charge in [0.1, 0.15) is 16.4 Å². The van der Waals surface area contributed by atoms with Crippen LogP contribution in [0.3, 0.4) is 0 Å². The topological polar surface area (TPSA) is 76.3 Å². The lowest BCUT2D eigenvalue weighted by molar-refractivity contribution is -0.385. The number of amides is 1. The first-order chi connectivity index (χ1) is 14.2. The van der Waals surface area contributed by atoms with Crippen LogP contribution in [0.25, 0.3) is 10.6 Å². The molecule has 3 aromatic rings. The molecule has 0 aliphatic heterocycles. The standard InChI is InChI=1S/C20H16F3N3O3S/c1-13-17(30-18(24-13)14-7-3-2-4-8-14)19(27)25(12-20(21,22)23)11-15-9-5-6-10-16(15)26(28)29/h2-10H,11-12H2,1H3. The molecule has 2 aromatic carbocycles. The highest BCUT2D eigenvalue weighted by atomic mass is 32.1. The summed E-state index contributed by atoms with van der Waals surface area (Å²) in [6, 6.07) is 14.4. The molecule has 0 saturated heterocycles. The first-order valence-electron chi connectivity index (χ1n) is 8.77. The predicted octanol–water partition coefficient (Wildman–Crippen LogP) is 5.23. The Morgan fingerprint density at radius 3 is 2.40 bits per heavy atom. The molecule has 30 heavy (non-hydrogen) atoms. The fraction of sp³-hybridized carbons (Fsp3) is 0.200. The Hall–Kier alpha value is -3.27. The van der Waals surface area contributed by atoms with Gasteiger partial charge in [-0.3, -0.25) is 14.9 Å². The van der Waals surface area contributed by atoms with Crippen molar-refractivity contribution in [3.05, 3.63) is 80.8 Å². The van der Waals surface area contributed by atoms with Gasteiger partial charge in [-0.2, -0.15) is 13.2 Å². The molecule has 0 bridgehead atoms. The number of rotatable bonds is 6. The van der Waals surface area contributed by atoms with Crippen LogP contribution in [0.15, 0.2) is 54.6 Å². The molecule has 3 rings (SSSR count). The van der Waals surface area contributed by atoms with Crippen molar-refractivity contribution in [2.45, 2.75) is 19.6 Å². The molecular weight excluding hydrogens is 419 g/mol. The molecule has 1 heterocycles. The number of halogens is 3. The number of hydrogen-bond donors (Lipinski definition) is 0. The van der Waals surface area contributed by atoms with Crippen molar-refractivity contribution in [1.82, 2.24) is 9.88 Å². The van der Waals surface area contributed by atoms with Gasteiger partial charge in [0.15, 0.2) is 0 Å². The molecule has 0 radical (unpaired) electrons. The number of carbonyl (C=O) groups excluding carboxylic acids is 1. The molecule has 0 saturated carbocycles. The summed E-state index contributed by atoms with van der Waals surface area (Å²) in [5.74, 6) is -0.873. The fourth-order valence-electron chi connectivity index (χ4n) is 2.89. The summed E-state index contributed by atoms with van der Waals surface area (Å²) in [4.78, 5) is 28.5. The average Bonchev–Trinajstić information content (AvgIpc) is 3.08. The summed E-state index contributed by atoms with van der Waals surface area (Å²) in [6.07, 6.45) is -4.67. The van der Waals surface area contributed by atoms with Crippen molar-refractivity contribution in [2.75, 3.05) is 6.54 Å². The number of alkyl halides is 3. The molecule has 0 spiro atoms. The van der Waals surface area contributed by atoms with Crippen LogP contribution in [0, 0.1) is 17.0 Å². The normalized spacial score (nSPS) is 11.3. The number of hydrogen-bond acceptors (Lipinski definition) is 5. The molecular formula is C20H16F3N3O3S. The maximum atomic E-state index is 13.2. The number of nitrogens with zero attached hydrogens (tertiary/aromatic N) is 3. The first-order valence-corrected chi connectivity index (χ1v) is 9.58. The molecule has 1 aromatic heterocycles. The van der Waals surface area contributed by atoms with Crippen LogP contribution in [0.2, 0.25) is 0 Å². The quantitative estimate of drug-likeness (QED) is 0.392. The van der Waals surface area contributed by atoms with Gasteiger partial charge in [-0.25, -0.2) is 4.98 Å². The second-order valence-electron chi connectivity index (χ2n) is 6.46. The van der Waals surface area contributed by atoms with E-state index in [0.29, 0.717) is 15.6 Å². The summed E-state index contributed by atoms with van der Waals surface area (Å²) in [5.41, 5.74) is 0.721. The maximum Gasteiger partial charge on any atom is 0.406 e. The van der Waals surface area contributed by atoms with E-state index in [1.54, 1.807) is 31.2 Å². The van der Waals surface area contributed by atoms with Gasteiger partial charge in [-0.05, 0) is 6.92 Å². The van der Waals surface area contributed by atoms with E-state index in [0.717, 1.165) is 16.9 Å². The zero-order valence-corrected chi connectivity index (χ0v) is 16.5. The van der Waals surface area contributed by atoms with E-state index in [1.165, 1.54) is 24.3 Å². The van der Waals surface area contributed by atoms with Crippen molar-refractivity contribution < 1.29 is 22.9 Å². The molecule has 156 valence electrons. The number of nitro benzene ring substituents is 1. The van der Waals surface area contributed by atoms with E-state index in [2.05, 4.69) is 4.98 Å². The van der Waals surface area contributed by atoms with E-state index in [4.69, 9.17) is 0 Å². The third kappa shape index (κ3) is 5.01. The molecule has 1 amide bonds. The van der Waals surface area contributed by atoms with Crippen LogP contribution in [-0.2, 0) is 6.54 Å². The molecule has 10 heteroatoms. The monoisotopic (exact) mass is 435 g/mol. The van der Waals surface area contributed by atoms with Crippen LogP contribution in [0.5, 0.6) is 0 Å². The van der Waals surface area contributed by atoms with Gasteiger partial charge < -0.3 is 4.90 Å². The highest BCUT2D eigenvalue weighted by Crippen LogP contribution is 2.31. The lowest BCUT2D eigenvalue weighted by Crippen LogP contribution is -2.38. The van der Waals surface area contributed by atoms with E-state index in [9.17, 15) is 28.1 Å². The zero-order chi connectivity index (χ0) is 21.9. The molecule has 0 unspecified atom stereocenters. The van der Waals surface area contributed by atoms with Crippen LogP contribution in [0.4, 0.5) is 18.9 Å². The number of para-hydroxylation sites is 1. The number of benzene rings is 2. The number of aromatic nitrogens is 1. The number of nitro groups is 1. The maximum absolute atomic E-state index is 13.2. The van der Waals surface area contributed by atoms with Gasteiger partial charge in [-0.1, -0.05) is 48.5 Å². The summed E-state index contributed by atoms with van der Waals surface area (Å²) in [6.45, 7) is -0.531. The molecule has 6 nitrogen and oxygen atoms in total. The Morgan fingerprint density at radius 2 is 1.77 bits per heavy atom. The largest absolute Gasteiger partial charge is 0.406 e. The predicted molar refractivity (Wildman–Crippen MR) is 106 cm³/mol. The molecule has 0 atom stereocenters. The Kier molecular flexibility index (Phi) is 6.16. The van der Waals surface area contributed by atoms with Gasteiger partial charge in [0, 0.05) is 17.2 Å². The minimum atomic E-state index is -4.67. The van der Waals surface area contributed by atoms with Crippen LogP contribution in [-0.4, -0.2) is 33.4 Å². The van der Waals surface area contributed by atoms with Gasteiger partial charge in [0.2, 0.25) is 0 Å². The van der Waals surface area contributed by atoms with Crippen molar-refractivity contribution in [2.24, 2.45) is 0 Å². The third-order valence-corrected chi connectivity index (χ3v) is 5.41. The number of thiazole rings is 1. The zero-order valence-electron chi connectivity index (χ0n) is 15.7. The van der Waals surface area contributed by atoms with E-state index < -0.39 is 30.1 Å². The fourth-order valence-corrected chi connectivity index (χ4v) is 3.93. The second kappa shape index (κ2) is 8.62. The Labute approximate surface area is 173 Å². The summed E-state index contributed by atoms with van der Waals surface area (Å²) < 4.78 is 39.5. The number of carbonyl (C=O) groups is 1. The lowest BCUT2D eigenvalue weighted by atomic mass is 10.1. The molecule has 0 aliphatic rings. The highest BCUT2D eigenvalue weighted by molar-refractivity contribution is 7.17. The Bertz CT molecular complexity index is 1070. The van der Waals surface area contributed by atoms with Crippen molar-refractivity contribution in [1.29, 1.82) is 0 Å². The molecule has 0 fully saturated rings. The third-order valence-electron chi connectivity index (χ3n) is 4.22. The minimum Gasteiger partial charge on any atom is -0.324 e. The van der Waals surface area contributed by atoms with Gasteiger partial charge in [-0.15, -0.1) is 11.3 Å². The van der Waals surface area contributed by atoms with Gasteiger partial charge >= 0.3 is 6.18 Å². The van der Waals surface area contributed by atoms with E-state index in [1.807, 2.05) is 6.07 Å². The smallest absolute Gasteiger partial charge is 0.324 e. The van der Waals surface area contributed by atoms with E-state index >= 15 is 0 Å². The second-order valence-corrected chi connectivity index (χ2v) is 7.46. The van der Waals surface area contributed by atoms with Crippen LogP contribution >= 0.6 is 11.3 Å². The average molecular weight is 435 g/mol. The van der Waals surface area contributed by atoms with E-state index in [-0.39, 0.29) is 16.1 Å². The first kappa shape index (κ1) is 21.4. The Morgan fingerprint density at radius 1 is 1.13 bits per heavy atom. The van der Waals surface area contributed by atoms with Gasteiger partial charge in [0.25, 0.3) is 11.6 Å². The lowest BCUT2D eigenvalue weighted by Gasteiger charge is -2.23. The van der Waals surface area contributed by atoms with Gasteiger partial charge in [0.05, 0.1) is 17.2 Å². The van der Waals surface area contributed by atoms with Crippen LogP contribution in [0.1, 0.15) is 20.9 Å². The van der Waals surface area contributed by atoms with Crippen molar-refractivity contribution >= 4 is 22.9 Å². The molecule has 0 N–H and O–H groups in total. The number of aryl methyl sites for hydroxylation is 1. The minimum absolute atomic E-state index is 0.0190. The van der Waals surface area contributed by atoms with Crippen molar-refractivity contribution in [3.8, 4) is 10.6 Å². The Balaban J connectivity index is 1.96. The highest BCUT2D eigenvalue weighted by Gasteiger charge is 2.35. The summed E-state index contributed by atoms with van der Waals surface area (Å²) >= 11 is 0.993. The van der Waals surface area contributed by atoms with Crippen LogP contribution < -0.4 is 0 Å². The summed E-state index contributed by atoms with van der Waals surface area (Å²) in [7, 11) is 0.